The first kappa shape index (κ1) is 15.9. The van der Waals surface area contributed by atoms with Crippen LogP contribution >= 0.6 is 0 Å². The van der Waals surface area contributed by atoms with Gasteiger partial charge in [0, 0.05) is 6.61 Å². The van der Waals surface area contributed by atoms with Crippen molar-refractivity contribution in [3.63, 3.8) is 0 Å². The zero-order chi connectivity index (χ0) is 11.7. The molecule has 0 fully saturated rings. The van der Waals surface area contributed by atoms with E-state index in [-0.39, 0.29) is 12.9 Å². The lowest BCUT2D eigenvalue weighted by atomic mass is 10.1. The van der Waals surface area contributed by atoms with Gasteiger partial charge in [-0.3, -0.25) is 0 Å². The molecule has 86 valence electrons. The molecule has 0 saturated carbocycles. The van der Waals surface area contributed by atoms with E-state index in [1.54, 1.807) is 6.92 Å². The van der Waals surface area contributed by atoms with E-state index in [1.807, 2.05) is 0 Å². The first-order valence-corrected chi connectivity index (χ1v) is 4.20. The van der Waals surface area contributed by atoms with E-state index in [9.17, 15) is 4.79 Å². The maximum absolute atomic E-state index is 9.87. The van der Waals surface area contributed by atoms with Crippen molar-refractivity contribution in [1.29, 1.82) is 0 Å². The summed E-state index contributed by atoms with van der Waals surface area (Å²) in [6.45, 7) is 3.17. The number of hydrogen-bond donors (Lipinski definition) is 5. The average molecular weight is 210 g/mol. The molecule has 0 saturated heterocycles. The molecule has 0 aromatic heterocycles. The van der Waals surface area contributed by atoms with E-state index in [1.165, 1.54) is 6.92 Å². The van der Waals surface area contributed by atoms with Crippen molar-refractivity contribution in [2.75, 3.05) is 6.61 Å². The molecule has 0 unspecified atom stereocenters. The van der Waals surface area contributed by atoms with Gasteiger partial charge in [0.1, 0.15) is 18.3 Å². The van der Waals surface area contributed by atoms with Gasteiger partial charge in [0.25, 0.3) is 0 Å². The summed E-state index contributed by atoms with van der Waals surface area (Å²) >= 11 is 0. The van der Waals surface area contributed by atoms with Gasteiger partial charge >= 0.3 is 0 Å². The molecule has 14 heavy (non-hydrogen) atoms. The predicted molar refractivity (Wildman–Crippen MR) is 48.5 cm³/mol. The first-order chi connectivity index (χ1) is 6.42. The van der Waals surface area contributed by atoms with Crippen LogP contribution in [0.25, 0.3) is 0 Å². The Bertz CT molecular complexity index is 138. The zero-order valence-electron chi connectivity index (χ0n) is 8.24. The third kappa shape index (κ3) is 6.93. The molecule has 0 aliphatic rings. The van der Waals surface area contributed by atoms with Crippen LogP contribution in [-0.2, 0) is 4.79 Å². The van der Waals surface area contributed by atoms with Gasteiger partial charge in [0.05, 0.1) is 6.10 Å². The van der Waals surface area contributed by atoms with Crippen LogP contribution in [0.15, 0.2) is 0 Å². The van der Waals surface area contributed by atoms with Crippen molar-refractivity contribution < 1.29 is 30.3 Å². The topological polar surface area (TPSA) is 118 Å². The molecule has 0 aromatic carbocycles. The Morgan fingerprint density at radius 1 is 1.14 bits per heavy atom. The van der Waals surface area contributed by atoms with Crippen molar-refractivity contribution >= 4 is 6.29 Å². The fraction of sp³-hybridized carbons (Fsp3) is 0.875. The third-order valence-corrected chi connectivity index (χ3v) is 1.33. The second-order valence-corrected chi connectivity index (χ2v) is 2.66. The van der Waals surface area contributed by atoms with Gasteiger partial charge in [-0.15, -0.1) is 0 Å². The third-order valence-electron chi connectivity index (χ3n) is 1.33. The predicted octanol–water partition coefficient (Wildman–Crippen LogP) is -2.35. The molecule has 0 spiro atoms. The molecule has 0 amide bonds. The number of carbonyl (C=O) groups is 1. The highest BCUT2D eigenvalue weighted by Gasteiger charge is 2.27. The lowest BCUT2D eigenvalue weighted by Crippen LogP contribution is -2.43. The smallest absolute Gasteiger partial charge is 0.151 e. The lowest BCUT2D eigenvalue weighted by molar-refractivity contribution is -0.132. The summed E-state index contributed by atoms with van der Waals surface area (Å²) in [6.07, 6.45) is -5.88. The minimum absolute atomic E-state index is 0.0935. The lowest BCUT2D eigenvalue weighted by Gasteiger charge is -2.21. The highest BCUT2D eigenvalue weighted by Crippen LogP contribution is 2.02. The Morgan fingerprint density at radius 2 is 1.50 bits per heavy atom. The molecule has 0 rings (SSSR count). The highest BCUT2D eigenvalue weighted by atomic mass is 16.4. The Hall–Kier alpha value is -0.530. The summed E-state index contributed by atoms with van der Waals surface area (Å²) in [7, 11) is 0. The summed E-state index contributed by atoms with van der Waals surface area (Å²) in [5.74, 6) is 0. The number of carbonyl (C=O) groups excluding carboxylic acids is 1. The number of aliphatic hydroxyl groups excluding tert-OH is 5. The van der Waals surface area contributed by atoms with E-state index >= 15 is 0 Å². The van der Waals surface area contributed by atoms with E-state index in [0.717, 1.165) is 0 Å². The second-order valence-electron chi connectivity index (χ2n) is 2.66. The van der Waals surface area contributed by atoms with Gasteiger partial charge in [0.2, 0.25) is 0 Å². The molecular weight excluding hydrogens is 192 g/mol. The first-order valence-electron chi connectivity index (χ1n) is 4.20. The van der Waals surface area contributed by atoms with Crippen LogP contribution in [0.4, 0.5) is 0 Å². The number of rotatable bonds is 4. The number of aldehydes is 1. The van der Waals surface area contributed by atoms with Crippen LogP contribution in [0.3, 0.4) is 0 Å². The molecule has 0 bridgehead atoms. The van der Waals surface area contributed by atoms with Gasteiger partial charge < -0.3 is 30.3 Å². The van der Waals surface area contributed by atoms with Gasteiger partial charge in [0.15, 0.2) is 6.29 Å². The van der Waals surface area contributed by atoms with Gasteiger partial charge in [-0.2, -0.15) is 0 Å². The van der Waals surface area contributed by atoms with Gasteiger partial charge in [-0.25, -0.2) is 0 Å². The molecule has 0 aromatic rings. The van der Waals surface area contributed by atoms with Crippen LogP contribution in [-0.4, -0.2) is 62.8 Å². The SMILES string of the molecule is CCO.C[C@@H](O)[C@@H](O)[C@H](O)[C@H](O)C=O. The summed E-state index contributed by atoms with van der Waals surface area (Å²) in [4.78, 5) is 9.87. The maximum Gasteiger partial charge on any atom is 0.151 e. The molecule has 5 N–H and O–H groups in total. The standard InChI is InChI=1S/C6H12O5.C2H6O/c1-3(8)5(10)6(11)4(9)2-7;1-2-3/h2-6,8-11H,1H3;3H,2H2,1H3/t3-,4-,5-,6-;/m1./s1. The summed E-state index contributed by atoms with van der Waals surface area (Å²) in [6, 6.07) is 0. The van der Waals surface area contributed by atoms with E-state index < -0.39 is 24.4 Å². The number of aliphatic hydroxyl groups is 5. The molecule has 0 heterocycles. The number of hydrogen-bond acceptors (Lipinski definition) is 6. The summed E-state index contributed by atoms with van der Waals surface area (Å²) in [5, 5.41) is 42.7. The fourth-order valence-electron chi connectivity index (χ4n) is 0.568. The Kier molecular flexibility index (Phi) is 10.3. The van der Waals surface area contributed by atoms with E-state index in [4.69, 9.17) is 25.5 Å². The molecule has 6 nitrogen and oxygen atoms in total. The summed E-state index contributed by atoms with van der Waals surface area (Å²) in [5.41, 5.74) is 0. The van der Waals surface area contributed by atoms with Crippen LogP contribution in [0.2, 0.25) is 0 Å². The fourth-order valence-corrected chi connectivity index (χ4v) is 0.568. The molecule has 4 atom stereocenters. The van der Waals surface area contributed by atoms with Crippen molar-refractivity contribution in [2.24, 2.45) is 0 Å². The molecule has 0 radical (unpaired) electrons. The van der Waals surface area contributed by atoms with Crippen molar-refractivity contribution in [3.05, 3.63) is 0 Å². The quantitative estimate of drug-likeness (QED) is 0.331. The normalized spacial score (nSPS) is 18.5. The summed E-state index contributed by atoms with van der Waals surface area (Å²) < 4.78 is 0. The van der Waals surface area contributed by atoms with Crippen LogP contribution in [0, 0.1) is 0 Å². The Labute approximate surface area is 82.4 Å². The zero-order valence-corrected chi connectivity index (χ0v) is 8.24. The Balaban J connectivity index is 0. The van der Waals surface area contributed by atoms with Crippen LogP contribution in [0.5, 0.6) is 0 Å². The molecule has 0 aliphatic carbocycles. The van der Waals surface area contributed by atoms with E-state index in [2.05, 4.69) is 0 Å². The van der Waals surface area contributed by atoms with Gasteiger partial charge in [-0.1, -0.05) is 0 Å². The van der Waals surface area contributed by atoms with Crippen LogP contribution in [0.1, 0.15) is 13.8 Å². The molecule has 0 aliphatic heterocycles. The van der Waals surface area contributed by atoms with Crippen molar-refractivity contribution in [2.45, 2.75) is 38.3 Å². The van der Waals surface area contributed by atoms with Gasteiger partial charge in [-0.05, 0) is 13.8 Å². The van der Waals surface area contributed by atoms with E-state index in [0.29, 0.717) is 0 Å². The van der Waals surface area contributed by atoms with Crippen LogP contribution < -0.4 is 0 Å². The largest absolute Gasteiger partial charge is 0.397 e. The average Bonchev–Trinajstić information content (AvgIpc) is 2.15. The minimum Gasteiger partial charge on any atom is -0.397 e. The molecule has 6 heteroatoms. The molecular formula is C8H18O6. The maximum atomic E-state index is 9.87. The second kappa shape index (κ2) is 9.04. The minimum atomic E-state index is -1.65. The van der Waals surface area contributed by atoms with Crippen molar-refractivity contribution in [3.8, 4) is 0 Å². The monoisotopic (exact) mass is 210 g/mol. The highest BCUT2D eigenvalue weighted by molar-refractivity contribution is 5.56. The Morgan fingerprint density at radius 3 is 1.71 bits per heavy atom. The van der Waals surface area contributed by atoms with Crippen molar-refractivity contribution in [1.82, 2.24) is 0 Å².